The molecule has 0 aromatic heterocycles. The third-order valence-corrected chi connectivity index (χ3v) is 4.63. The van der Waals surface area contributed by atoms with E-state index in [9.17, 15) is 18.3 Å². The van der Waals surface area contributed by atoms with Crippen molar-refractivity contribution in [1.82, 2.24) is 4.31 Å². The predicted octanol–water partition coefficient (Wildman–Crippen LogP) is 0.567. The Bertz CT molecular complexity index is 573. The van der Waals surface area contributed by atoms with Crippen molar-refractivity contribution in [3.63, 3.8) is 0 Å². The monoisotopic (exact) mass is 300 g/mol. The van der Waals surface area contributed by atoms with Gasteiger partial charge in [0.15, 0.2) is 0 Å². The maximum Gasteiger partial charge on any atom is 0.248 e. The van der Waals surface area contributed by atoms with Crippen molar-refractivity contribution in [1.29, 1.82) is 0 Å². The van der Waals surface area contributed by atoms with Crippen LogP contribution in [-0.2, 0) is 10.0 Å². The highest BCUT2D eigenvalue weighted by atomic mass is 32.2. The minimum absolute atomic E-state index is 0.0105. The number of nitrogens with two attached hydrogens (primary N) is 1. The average Bonchev–Trinajstić information content (AvgIpc) is 2.34. The molecular formula is C13H20N2O4S. The van der Waals surface area contributed by atoms with Crippen LogP contribution in [-0.4, -0.2) is 42.4 Å². The van der Waals surface area contributed by atoms with E-state index in [0.717, 1.165) is 0 Å². The molecule has 0 unspecified atom stereocenters. The third kappa shape index (κ3) is 4.03. The molecule has 0 aliphatic carbocycles. The molecule has 0 fully saturated rings. The summed E-state index contributed by atoms with van der Waals surface area (Å²) in [5.74, 6) is -0.613. The van der Waals surface area contributed by atoms with Crippen molar-refractivity contribution in [2.45, 2.75) is 31.3 Å². The molecule has 0 bridgehead atoms. The zero-order valence-corrected chi connectivity index (χ0v) is 12.6. The van der Waals surface area contributed by atoms with Crippen molar-refractivity contribution >= 4 is 15.9 Å². The molecule has 7 heteroatoms. The van der Waals surface area contributed by atoms with Crippen molar-refractivity contribution in [2.75, 3.05) is 13.1 Å². The molecule has 0 spiro atoms. The van der Waals surface area contributed by atoms with E-state index in [1.54, 1.807) is 20.8 Å². The number of sulfonamides is 1. The van der Waals surface area contributed by atoms with E-state index >= 15 is 0 Å². The third-order valence-electron chi connectivity index (χ3n) is 2.69. The SMILES string of the molecule is CCN(CC(C)(C)O)S(=O)(=O)c1ccc(C(N)=O)cc1. The summed E-state index contributed by atoms with van der Waals surface area (Å²) in [5, 5.41) is 9.78. The Morgan fingerprint density at radius 3 is 2.15 bits per heavy atom. The molecule has 0 radical (unpaired) electrons. The molecule has 1 aromatic carbocycles. The molecule has 3 N–H and O–H groups in total. The molecule has 112 valence electrons. The molecule has 20 heavy (non-hydrogen) atoms. The Morgan fingerprint density at radius 1 is 1.30 bits per heavy atom. The largest absolute Gasteiger partial charge is 0.389 e. The number of hydrogen-bond donors (Lipinski definition) is 2. The second-order valence-corrected chi connectivity index (χ2v) is 7.07. The van der Waals surface area contributed by atoms with Crippen molar-refractivity contribution in [2.24, 2.45) is 5.73 Å². The van der Waals surface area contributed by atoms with Crippen LogP contribution < -0.4 is 5.73 Å². The zero-order valence-electron chi connectivity index (χ0n) is 11.8. The maximum atomic E-state index is 12.4. The summed E-state index contributed by atoms with van der Waals surface area (Å²) in [6, 6.07) is 5.41. The second kappa shape index (κ2) is 5.90. The fourth-order valence-corrected chi connectivity index (χ4v) is 3.34. The smallest absolute Gasteiger partial charge is 0.248 e. The van der Waals surface area contributed by atoms with Gasteiger partial charge in [-0.15, -0.1) is 0 Å². The van der Waals surface area contributed by atoms with Gasteiger partial charge >= 0.3 is 0 Å². The van der Waals surface area contributed by atoms with E-state index in [1.807, 2.05) is 0 Å². The molecule has 1 rings (SSSR count). The van der Waals surface area contributed by atoms with Gasteiger partial charge in [-0.25, -0.2) is 8.42 Å². The van der Waals surface area contributed by atoms with E-state index in [0.29, 0.717) is 0 Å². The molecule has 0 aliphatic rings. The summed E-state index contributed by atoms with van der Waals surface area (Å²) in [5.41, 5.74) is 4.23. The van der Waals surface area contributed by atoms with E-state index in [1.165, 1.54) is 28.6 Å². The van der Waals surface area contributed by atoms with Crippen LogP contribution in [0.3, 0.4) is 0 Å². The van der Waals surface area contributed by atoms with Crippen molar-refractivity contribution < 1.29 is 18.3 Å². The molecule has 0 saturated carbocycles. The van der Waals surface area contributed by atoms with Gasteiger partial charge in [-0.1, -0.05) is 6.92 Å². The number of aliphatic hydroxyl groups is 1. The van der Waals surface area contributed by atoms with Gasteiger partial charge in [-0.2, -0.15) is 4.31 Å². The van der Waals surface area contributed by atoms with E-state index < -0.39 is 21.5 Å². The lowest BCUT2D eigenvalue weighted by atomic mass is 10.1. The van der Waals surface area contributed by atoms with Gasteiger partial charge in [-0.3, -0.25) is 4.79 Å². The summed E-state index contributed by atoms with van der Waals surface area (Å²) in [7, 11) is -3.71. The Balaban J connectivity index is 3.11. The standard InChI is InChI=1S/C13H20N2O4S/c1-4-15(9-13(2,3)17)20(18,19)11-7-5-10(6-8-11)12(14)16/h5-8,17H,4,9H2,1-3H3,(H2,14,16). The summed E-state index contributed by atoms with van der Waals surface area (Å²) in [4.78, 5) is 11.0. The Labute approximate surface area is 119 Å². The lowest BCUT2D eigenvalue weighted by Gasteiger charge is -2.27. The van der Waals surface area contributed by atoms with Gasteiger partial charge in [-0.05, 0) is 38.1 Å². The van der Waals surface area contributed by atoms with Crippen molar-refractivity contribution in [3.05, 3.63) is 29.8 Å². The highest BCUT2D eigenvalue weighted by Crippen LogP contribution is 2.18. The number of likely N-dealkylation sites (N-methyl/N-ethyl adjacent to an activating group) is 1. The number of rotatable bonds is 6. The van der Waals surface area contributed by atoms with Crippen LogP contribution in [0.2, 0.25) is 0 Å². The van der Waals surface area contributed by atoms with Gasteiger partial charge in [0, 0.05) is 18.7 Å². The minimum Gasteiger partial charge on any atom is -0.389 e. The average molecular weight is 300 g/mol. The Kier molecular flexibility index (Phi) is 4.90. The van der Waals surface area contributed by atoms with Gasteiger partial charge < -0.3 is 10.8 Å². The summed E-state index contributed by atoms with van der Waals surface area (Å²) in [6.07, 6.45) is 0. The van der Waals surface area contributed by atoms with Gasteiger partial charge in [0.1, 0.15) is 0 Å². The number of carbonyl (C=O) groups is 1. The molecule has 1 aromatic rings. The summed E-state index contributed by atoms with van der Waals surface area (Å²) >= 11 is 0. The number of carbonyl (C=O) groups excluding carboxylic acids is 1. The van der Waals surface area contributed by atoms with Crippen LogP contribution in [0.15, 0.2) is 29.2 Å². The first-order valence-electron chi connectivity index (χ1n) is 6.20. The van der Waals surface area contributed by atoms with Gasteiger partial charge in [0.25, 0.3) is 0 Å². The number of hydrogen-bond acceptors (Lipinski definition) is 4. The van der Waals surface area contributed by atoms with Crippen LogP contribution in [0, 0.1) is 0 Å². The Morgan fingerprint density at radius 2 is 1.80 bits per heavy atom. The summed E-state index contributed by atoms with van der Waals surface area (Å²) < 4.78 is 26.0. The lowest BCUT2D eigenvalue weighted by molar-refractivity contribution is 0.0601. The van der Waals surface area contributed by atoms with Crippen LogP contribution in [0.1, 0.15) is 31.1 Å². The normalized spacial score (nSPS) is 12.7. The van der Waals surface area contributed by atoms with Gasteiger partial charge in [0.05, 0.1) is 10.5 Å². The zero-order chi connectivity index (χ0) is 15.6. The number of benzene rings is 1. The van der Waals surface area contributed by atoms with E-state index in [-0.39, 0.29) is 23.5 Å². The highest BCUT2D eigenvalue weighted by molar-refractivity contribution is 7.89. The fraction of sp³-hybridized carbons (Fsp3) is 0.462. The molecule has 6 nitrogen and oxygen atoms in total. The number of primary amides is 1. The minimum atomic E-state index is -3.71. The molecule has 1 amide bonds. The second-order valence-electron chi connectivity index (χ2n) is 5.13. The van der Waals surface area contributed by atoms with Crippen molar-refractivity contribution in [3.8, 4) is 0 Å². The summed E-state index contributed by atoms with van der Waals surface area (Å²) in [6.45, 7) is 5.01. The molecule has 0 aliphatic heterocycles. The van der Waals surface area contributed by atoms with Crippen LogP contribution in [0.4, 0.5) is 0 Å². The Hall–Kier alpha value is -1.44. The first-order valence-corrected chi connectivity index (χ1v) is 7.64. The fourth-order valence-electron chi connectivity index (χ4n) is 1.74. The van der Waals surface area contributed by atoms with Crippen LogP contribution in [0.25, 0.3) is 0 Å². The molecular weight excluding hydrogens is 280 g/mol. The topological polar surface area (TPSA) is 101 Å². The van der Waals surface area contributed by atoms with Crippen LogP contribution >= 0.6 is 0 Å². The quantitative estimate of drug-likeness (QED) is 0.802. The van der Waals surface area contributed by atoms with Gasteiger partial charge in [0.2, 0.25) is 15.9 Å². The first kappa shape index (κ1) is 16.6. The van der Waals surface area contributed by atoms with E-state index in [4.69, 9.17) is 5.73 Å². The molecule has 0 heterocycles. The number of amides is 1. The maximum absolute atomic E-state index is 12.4. The highest BCUT2D eigenvalue weighted by Gasteiger charge is 2.28. The molecule has 0 atom stereocenters. The van der Waals surface area contributed by atoms with Crippen LogP contribution in [0.5, 0.6) is 0 Å². The molecule has 0 saturated heterocycles. The lowest BCUT2D eigenvalue weighted by Crippen LogP contribution is -2.42. The van der Waals surface area contributed by atoms with E-state index in [2.05, 4.69) is 0 Å². The first-order chi connectivity index (χ1) is 9.08. The predicted molar refractivity (Wildman–Crippen MR) is 75.7 cm³/mol. The number of nitrogens with zero attached hydrogens (tertiary/aromatic N) is 1.